The zero-order chi connectivity index (χ0) is 25.3. The van der Waals surface area contributed by atoms with Gasteiger partial charge in [-0.25, -0.2) is 0 Å². The van der Waals surface area contributed by atoms with Crippen LogP contribution in [0.5, 0.6) is 5.75 Å². The number of ether oxygens (including phenoxy) is 1. The number of amides is 1. The maximum absolute atomic E-state index is 13.0. The topological polar surface area (TPSA) is 65.9 Å². The number of piperidine rings is 1. The second-order valence-electron chi connectivity index (χ2n) is 9.58. The Morgan fingerprint density at radius 1 is 1.17 bits per heavy atom. The molecule has 6 nitrogen and oxygen atoms in total. The summed E-state index contributed by atoms with van der Waals surface area (Å²) in [6, 6.07) is 6.59. The fraction of sp³-hybridized carbons (Fsp3) is 0.538. The van der Waals surface area contributed by atoms with Crippen LogP contribution >= 0.6 is 0 Å². The van der Waals surface area contributed by atoms with Gasteiger partial charge in [0.2, 0.25) is 0 Å². The molecule has 2 fully saturated rings. The first-order chi connectivity index (χ1) is 16.6. The van der Waals surface area contributed by atoms with Crippen LogP contribution in [-0.2, 0) is 6.18 Å². The second kappa shape index (κ2) is 10.1. The summed E-state index contributed by atoms with van der Waals surface area (Å²) in [7, 11) is 0. The van der Waals surface area contributed by atoms with Crippen LogP contribution in [-0.4, -0.2) is 64.2 Å². The molecule has 2 aliphatic rings. The Hall–Kier alpha value is -2.65. The van der Waals surface area contributed by atoms with Gasteiger partial charge in [-0.3, -0.25) is 14.7 Å². The average Bonchev–Trinajstić information content (AvgIpc) is 2.83. The van der Waals surface area contributed by atoms with E-state index < -0.39 is 18.0 Å². The number of hydrogen-bond donors (Lipinski definition) is 1. The third kappa shape index (κ3) is 5.46. The molecule has 3 atom stereocenters. The summed E-state index contributed by atoms with van der Waals surface area (Å²) in [4.78, 5) is 20.6. The van der Waals surface area contributed by atoms with Crippen LogP contribution < -0.4 is 4.74 Å². The SMILES string of the molecule is Cc1c(OCC(C)O)ccc([C@H]2CCC[C@H]3CN(C(=O)c4ccc(C(F)(F)F)nc4)CCN32)c1C. The van der Waals surface area contributed by atoms with Gasteiger partial charge in [-0.2, -0.15) is 13.2 Å². The van der Waals surface area contributed by atoms with Crippen molar-refractivity contribution >= 4 is 5.91 Å². The van der Waals surface area contributed by atoms with E-state index in [0.717, 1.165) is 42.8 Å². The van der Waals surface area contributed by atoms with Gasteiger partial charge in [-0.1, -0.05) is 6.07 Å². The molecule has 0 radical (unpaired) electrons. The van der Waals surface area contributed by atoms with Crippen LogP contribution in [0.25, 0.3) is 0 Å². The summed E-state index contributed by atoms with van der Waals surface area (Å²) in [5, 5.41) is 9.53. The molecule has 1 aromatic heterocycles. The number of piperazine rings is 1. The van der Waals surface area contributed by atoms with E-state index in [1.165, 1.54) is 17.2 Å². The molecule has 0 saturated carbocycles. The summed E-state index contributed by atoms with van der Waals surface area (Å²) in [6.45, 7) is 7.83. The fourth-order valence-corrected chi connectivity index (χ4v) is 5.18. The second-order valence-corrected chi connectivity index (χ2v) is 9.58. The number of pyridine rings is 1. The lowest BCUT2D eigenvalue weighted by Crippen LogP contribution is -2.57. The number of carbonyl (C=O) groups is 1. The zero-order valence-electron chi connectivity index (χ0n) is 20.3. The van der Waals surface area contributed by atoms with Crippen LogP contribution in [0.2, 0.25) is 0 Å². The van der Waals surface area contributed by atoms with Crippen molar-refractivity contribution in [1.29, 1.82) is 0 Å². The summed E-state index contributed by atoms with van der Waals surface area (Å²) < 4.78 is 44.2. The lowest BCUT2D eigenvalue weighted by Gasteiger charge is -2.48. The molecule has 2 saturated heterocycles. The van der Waals surface area contributed by atoms with Crippen molar-refractivity contribution in [3.05, 3.63) is 58.4 Å². The summed E-state index contributed by atoms with van der Waals surface area (Å²) >= 11 is 0. The highest BCUT2D eigenvalue weighted by atomic mass is 19.4. The molecular weight excluding hydrogens is 459 g/mol. The van der Waals surface area contributed by atoms with Gasteiger partial charge in [0.05, 0.1) is 11.7 Å². The monoisotopic (exact) mass is 491 g/mol. The van der Waals surface area contributed by atoms with E-state index in [0.29, 0.717) is 19.6 Å². The number of aliphatic hydroxyl groups excluding tert-OH is 1. The molecule has 1 unspecified atom stereocenters. The van der Waals surface area contributed by atoms with Crippen molar-refractivity contribution in [3.63, 3.8) is 0 Å². The molecule has 9 heteroatoms. The number of hydrogen-bond acceptors (Lipinski definition) is 5. The first kappa shape index (κ1) is 25.4. The predicted octanol–water partition coefficient (Wildman–Crippen LogP) is 4.53. The van der Waals surface area contributed by atoms with E-state index in [9.17, 15) is 23.1 Å². The predicted molar refractivity (Wildman–Crippen MR) is 125 cm³/mol. The van der Waals surface area contributed by atoms with Crippen molar-refractivity contribution in [1.82, 2.24) is 14.8 Å². The summed E-state index contributed by atoms with van der Waals surface area (Å²) in [5.74, 6) is 0.500. The van der Waals surface area contributed by atoms with Crippen LogP contribution in [0.1, 0.15) is 65.0 Å². The number of aliphatic hydroxyl groups is 1. The number of fused-ring (bicyclic) bond motifs is 1. The van der Waals surface area contributed by atoms with Crippen molar-refractivity contribution in [3.8, 4) is 5.75 Å². The number of alkyl halides is 3. The Morgan fingerprint density at radius 3 is 2.60 bits per heavy atom. The third-order valence-electron chi connectivity index (χ3n) is 7.15. The van der Waals surface area contributed by atoms with Crippen molar-refractivity contribution < 1.29 is 27.8 Å². The molecule has 1 amide bonds. The molecule has 0 aliphatic carbocycles. The van der Waals surface area contributed by atoms with E-state index in [4.69, 9.17) is 4.74 Å². The Morgan fingerprint density at radius 2 is 1.94 bits per heavy atom. The van der Waals surface area contributed by atoms with E-state index in [1.807, 2.05) is 13.0 Å². The minimum absolute atomic E-state index is 0.179. The van der Waals surface area contributed by atoms with Crippen molar-refractivity contribution in [2.45, 2.75) is 64.4 Å². The van der Waals surface area contributed by atoms with Crippen LogP contribution in [0, 0.1) is 13.8 Å². The highest BCUT2D eigenvalue weighted by Gasteiger charge is 2.38. The quantitative estimate of drug-likeness (QED) is 0.666. The molecule has 1 N–H and O–H groups in total. The molecule has 0 bridgehead atoms. The molecule has 2 aliphatic heterocycles. The number of rotatable bonds is 5. The molecular formula is C26H32F3N3O3. The van der Waals surface area contributed by atoms with Gasteiger partial charge in [0.1, 0.15) is 18.1 Å². The maximum atomic E-state index is 13.0. The van der Waals surface area contributed by atoms with Gasteiger partial charge in [0, 0.05) is 37.9 Å². The Kier molecular flexibility index (Phi) is 7.38. The minimum atomic E-state index is -4.53. The molecule has 0 spiro atoms. The molecule has 1 aromatic carbocycles. The third-order valence-corrected chi connectivity index (χ3v) is 7.15. The first-order valence-corrected chi connectivity index (χ1v) is 12.1. The average molecular weight is 492 g/mol. The largest absolute Gasteiger partial charge is 0.491 e. The van der Waals surface area contributed by atoms with Crippen molar-refractivity contribution in [2.75, 3.05) is 26.2 Å². The Bertz CT molecular complexity index is 1060. The van der Waals surface area contributed by atoms with Gasteiger partial charge in [-0.15, -0.1) is 0 Å². The summed E-state index contributed by atoms with van der Waals surface area (Å²) in [5.41, 5.74) is 2.67. The molecule has 35 heavy (non-hydrogen) atoms. The molecule has 4 rings (SSSR count). The van der Waals surface area contributed by atoms with Crippen LogP contribution in [0.3, 0.4) is 0 Å². The molecule has 3 heterocycles. The normalized spacial score (nSPS) is 22.0. The van der Waals surface area contributed by atoms with E-state index in [1.54, 1.807) is 11.8 Å². The van der Waals surface area contributed by atoms with Gasteiger partial charge in [0.15, 0.2) is 0 Å². The van der Waals surface area contributed by atoms with Crippen molar-refractivity contribution in [2.24, 2.45) is 0 Å². The number of carbonyl (C=O) groups excluding carboxylic acids is 1. The fourth-order valence-electron chi connectivity index (χ4n) is 5.18. The van der Waals surface area contributed by atoms with Crippen LogP contribution in [0.4, 0.5) is 13.2 Å². The standard InChI is InChI=1S/C26H32F3N3O3/c1-16(33)15-35-23-9-8-21(17(2)18(23)3)22-6-4-5-20-14-31(11-12-32(20)22)25(34)19-7-10-24(30-13-19)26(27,28)29/h7-10,13,16,20,22,33H,4-6,11-12,14-15H2,1-3H3/t16?,20-,22+/m0/s1. The zero-order valence-corrected chi connectivity index (χ0v) is 20.3. The van der Waals surface area contributed by atoms with Gasteiger partial charge in [0.25, 0.3) is 5.91 Å². The first-order valence-electron chi connectivity index (χ1n) is 12.1. The highest BCUT2D eigenvalue weighted by molar-refractivity contribution is 5.94. The Balaban J connectivity index is 1.46. The number of halogens is 3. The van der Waals surface area contributed by atoms with Gasteiger partial charge < -0.3 is 14.7 Å². The Labute approximate surface area is 203 Å². The lowest BCUT2D eigenvalue weighted by atomic mass is 9.86. The minimum Gasteiger partial charge on any atom is -0.491 e. The lowest BCUT2D eigenvalue weighted by molar-refractivity contribution is -0.141. The number of nitrogens with zero attached hydrogens (tertiary/aromatic N) is 3. The smallest absolute Gasteiger partial charge is 0.433 e. The van der Waals surface area contributed by atoms with E-state index in [2.05, 4.69) is 22.9 Å². The van der Waals surface area contributed by atoms with E-state index in [-0.39, 0.29) is 30.2 Å². The van der Waals surface area contributed by atoms with E-state index >= 15 is 0 Å². The number of benzene rings is 1. The number of aromatic nitrogens is 1. The maximum Gasteiger partial charge on any atom is 0.433 e. The molecule has 190 valence electrons. The highest BCUT2D eigenvalue weighted by Crippen LogP contribution is 2.39. The summed E-state index contributed by atoms with van der Waals surface area (Å²) in [6.07, 6.45) is -1.00. The van der Waals surface area contributed by atoms with Gasteiger partial charge >= 0.3 is 6.18 Å². The van der Waals surface area contributed by atoms with Crippen LogP contribution in [0.15, 0.2) is 30.5 Å². The molecule has 2 aromatic rings. The van der Waals surface area contributed by atoms with Gasteiger partial charge in [-0.05, 0) is 74.9 Å².